The molecule has 1 heterocycles. The second kappa shape index (κ2) is 8.26. The fraction of sp³-hybridized carbons (Fsp3) is 0.964. The Labute approximate surface area is 195 Å². The molecule has 0 aromatic rings. The normalized spacial score (nSPS) is 50.5. The molecule has 0 spiro atoms. The van der Waals surface area contributed by atoms with Crippen LogP contribution in [0.5, 0.6) is 0 Å². The van der Waals surface area contributed by atoms with Crippen LogP contribution < -0.4 is 5.32 Å². The number of carbonyl (C=O) groups excluding carboxylic acids is 1. The van der Waals surface area contributed by atoms with Crippen molar-refractivity contribution in [2.45, 2.75) is 122 Å². The number of ether oxygens (including phenoxy) is 1. The van der Waals surface area contributed by atoms with Gasteiger partial charge in [-0.05, 0) is 125 Å². The van der Waals surface area contributed by atoms with Gasteiger partial charge in [-0.1, -0.05) is 20.3 Å². The summed E-state index contributed by atoms with van der Waals surface area (Å²) >= 11 is 0. The zero-order valence-corrected chi connectivity index (χ0v) is 21.0. The predicted octanol–water partition coefficient (Wildman–Crippen LogP) is 5.47. The fourth-order valence-electron chi connectivity index (χ4n) is 10.1. The van der Waals surface area contributed by atoms with Gasteiger partial charge >= 0.3 is 5.97 Å². The topological polar surface area (TPSA) is 58.6 Å². The lowest BCUT2D eigenvalue weighted by atomic mass is 9.44. The Kier molecular flexibility index (Phi) is 5.97. The Morgan fingerprint density at radius 3 is 2.44 bits per heavy atom. The molecule has 2 N–H and O–H groups in total. The Balaban J connectivity index is 1.33. The zero-order valence-electron chi connectivity index (χ0n) is 21.0. The Hall–Kier alpha value is -0.610. The van der Waals surface area contributed by atoms with Gasteiger partial charge in [0, 0.05) is 13.0 Å². The first-order chi connectivity index (χ1) is 15.2. The van der Waals surface area contributed by atoms with Crippen LogP contribution in [0.4, 0.5) is 0 Å². The number of piperidine rings is 1. The summed E-state index contributed by atoms with van der Waals surface area (Å²) in [5.41, 5.74) is 0.0916. The predicted molar refractivity (Wildman–Crippen MR) is 127 cm³/mol. The van der Waals surface area contributed by atoms with Gasteiger partial charge in [-0.3, -0.25) is 4.79 Å². The molecule has 10 unspecified atom stereocenters. The highest BCUT2D eigenvalue weighted by molar-refractivity contribution is 5.66. The second-order valence-electron chi connectivity index (χ2n) is 13.1. The molecule has 5 rings (SSSR count). The zero-order chi connectivity index (χ0) is 22.7. The number of carbonyl (C=O) groups is 1. The highest BCUT2D eigenvalue weighted by Crippen LogP contribution is 2.68. The summed E-state index contributed by atoms with van der Waals surface area (Å²) in [6.07, 6.45) is 14.9. The van der Waals surface area contributed by atoms with Crippen LogP contribution in [0.25, 0.3) is 0 Å². The number of hydrogen-bond acceptors (Lipinski definition) is 4. The molecule has 4 nitrogen and oxygen atoms in total. The average Bonchev–Trinajstić information content (AvgIpc) is 3.12. The molecule has 0 aromatic carbocycles. The van der Waals surface area contributed by atoms with Crippen molar-refractivity contribution < 1.29 is 14.6 Å². The van der Waals surface area contributed by atoms with Crippen LogP contribution in [0.3, 0.4) is 0 Å². The molecular weight excluding hydrogens is 398 g/mol. The van der Waals surface area contributed by atoms with Gasteiger partial charge in [0.15, 0.2) is 0 Å². The third kappa shape index (κ3) is 3.58. The molecule has 0 bridgehead atoms. The van der Waals surface area contributed by atoms with E-state index in [1.165, 1.54) is 57.8 Å². The maximum atomic E-state index is 11.9. The summed E-state index contributed by atoms with van der Waals surface area (Å²) in [5.74, 6) is 3.41. The SMILES string of the molecule is CC(=O)OC1CCC2(C)C(CCC3C2CCC2(C)C3CCC2C(C)(O)C2CCCCN2)C1. The fourth-order valence-corrected chi connectivity index (χ4v) is 10.1. The summed E-state index contributed by atoms with van der Waals surface area (Å²) in [6, 6.07) is 0.263. The van der Waals surface area contributed by atoms with Crippen LogP contribution in [0.15, 0.2) is 0 Å². The molecule has 4 heteroatoms. The van der Waals surface area contributed by atoms with E-state index in [1.54, 1.807) is 6.92 Å². The number of rotatable bonds is 3. The van der Waals surface area contributed by atoms with Gasteiger partial charge in [0.2, 0.25) is 0 Å². The van der Waals surface area contributed by atoms with Gasteiger partial charge in [-0.2, -0.15) is 0 Å². The van der Waals surface area contributed by atoms with E-state index in [2.05, 4.69) is 26.1 Å². The Morgan fingerprint density at radius 1 is 0.969 bits per heavy atom. The molecule has 4 saturated carbocycles. The van der Waals surface area contributed by atoms with Crippen molar-refractivity contribution in [1.29, 1.82) is 0 Å². The lowest BCUT2D eigenvalue weighted by Crippen LogP contribution is -2.60. The van der Waals surface area contributed by atoms with Gasteiger partial charge in [-0.15, -0.1) is 0 Å². The lowest BCUT2D eigenvalue weighted by molar-refractivity contribution is -0.165. The van der Waals surface area contributed by atoms with Crippen LogP contribution in [-0.4, -0.2) is 35.4 Å². The molecule has 0 radical (unpaired) electrons. The highest BCUT2D eigenvalue weighted by atomic mass is 16.5. The molecule has 5 aliphatic rings. The minimum atomic E-state index is -0.597. The molecule has 1 aliphatic heterocycles. The van der Waals surface area contributed by atoms with E-state index in [-0.39, 0.29) is 23.5 Å². The van der Waals surface area contributed by atoms with Crippen LogP contribution in [0.1, 0.15) is 105 Å². The lowest BCUT2D eigenvalue weighted by Gasteiger charge is -2.62. The number of fused-ring (bicyclic) bond motifs is 5. The standard InChI is InChI=1S/C28H47NO3/c1-18(30)32-20-12-14-26(2)19(17-20)8-9-21-22-10-11-24(27(22,3)15-13-23(21)26)28(4,31)25-7-5-6-16-29-25/h19-25,29,31H,5-17H2,1-4H3. The minimum Gasteiger partial charge on any atom is -0.463 e. The van der Waals surface area contributed by atoms with Gasteiger partial charge in [-0.25, -0.2) is 0 Å². The summed E-state index contributed by atoms with van der Waals surface area (Å²) in [7, 11) is 0. The van der Waals surface area contributed by atoms with Gasteiger partial charge < -0.3 is 15.2 Å². The van der Waals surface area contributed by atoms with E-state index in [0.29, 0.717) is 17.3 Å². The monoisotopic (exact) mass is 445 g/mol. The van der Waals surface area contributed by atoms with E-state index in [1.807, 2.05) is 0 Å². The van der Waals surface area contributed by atoms with Crippen molar-refractivity contribution in [2.24, 2.45) is 40.4 Å². The van der Waals surface area contributed by atoms with Crippen LogP contribution >= 0.6 is 0 Å². The Bertz CT molecular complexity index is 715. The third-order valence-electron chi connectivity index (χ3n) is 11.7. The summed E-state index contributed by atoms with van der Waals surface area (Å²) in [4.78, 5) is 11.5. The maximum absolute atomic E-state index is 11.9. The van der Waals surface area contributed by atoms with E-state index in [0.717, 1.165) is 43.6 Å². The van der Waals surface area contributed by atoms with Crippen molar-refractivity contribution in [1.82, 2.24) is 5.32 Å². The molecule has 1 saturated heterocycles. The van der Waals surface area contributed by atoms with Crippen LogP contribution in [0.2, 0.25) is 0 Å². The van der Waals surface area contributed by atoms with Crippen LogP contribution in [-0.2, 0) is 9.53 Å². The first-order valence-electron chi connectivity index (χ1n) is 13.8. The molecule has 4 aliphatic carbocycles. The van der Waals surface area contributed by atoms with Crippen molar-refractivity contribution in [3.8, 4) is 0 Å². The van der Waals surface area contributed by atoms with Gasteiger partial charge in [0.1, 0.15) is 6.10 Å². The van der Waals surface area contributed by atoms with E-state index < -0.39 is 5.60 Å². The van der Waals surface area contributed by atoms with Gasteiger partial charge in [0.05, 0.1) is 5.60 Å². The maximum Gasteiger partial charge on any atom is 0.302 e. The first kappa shape index (κ1) is 23.1. The van der Waals surface area contributed by atoms with Crippen molar-refractivity contribution >= 4 is 5.97 Å². The van der Waals surface area contributed by atoms with Crippen LogP contribution in [0, 0.1) is 40.4 Å². The number of aliphatic hydroxyl groups is 1. The molecule has 182 valence electrons. The first-order valence-corrected chi connectivity index (χ1v) is 13.8. The molecule has 10 atom stereocenters. The number of hydrogen-bond donors (Lipinski definition) is 2. The second-order valence-corrected chi connectivity index (χ2v) is 13.1. The third-order valence-corrected chi connectivity index (χ3v) is 11.7. The number of esters is 1. The molecule has 0 aromatic heterocycles. The molecule has 5 fully saturated rings. The average molecular weight is 446 g/mol. The molecule has 32 heavy (non-hydrogen) atoms. The minimum absolute atomic E-state index is 0.114. The quantitative estimate of drug-likeness (QED) is 0.566. The smallest absolute Gasteiger partial charge is 0.302 e. The summed E-state index contributed by atoms with van der Waals surface area (Å²) in [6.45, 7) is 9.91. The van der Waals surface area contributed by atoms with E-state index >= 15 is 0 Å². The van der Waals surface area contributed by atoms with E-state index in [9.17, 15) is 9.90 Å². The van der Waals surface area contributed by atoms with Crippen molar-refractivity contribution in [3.05, 3.63) is 0 Å². The number of nitrogens with one attached hydrogen (secondary N) is 1. The Morgan fingerprint density at radius 2 is 1.72 bits per heavy atom. The highest BCUT2D eigenvalue weighted by Gasteiger charge is 2.63. The molecule has 0 amide bonds. The van der Waals surface area contributed by atoms with Gasteiger partial charge in [0.25, 0.3) is 0 Å². The summed E-state index contributed by atoms with van der Waals surface area (Å²) < 4.78 is 5.64. The van der Waals surface area contributed by atoms with Crippen molar-refractivity contribution in [3.63, 3.8) is 0 Å². The largest absolute Gasteiger partial charge is 0.463 e. The van der Waals surface area contributed by atoms with E-state index in [4.69, 9.17) is 4.74 Å². The molecular formula is C28H47NO3. The van der Waals surface area contributed by atoms with Crippen molar-refractivity contribution in [2.75, 3.05) is 6.54 Å². The summed E-state index contributed by atoms with van der Waals surface area (Å²) in [5, 5.41) is 15.6.